The first-order valence-electron chi connectivity index (χ1n) is 12.2. The lowest BCUT2D eigenvalue weighted by molar-refractivity contribution is -0.384. The number of nitro benzene ring substituents is 1. The maximum absolute atomic E-state index is 13.7. The molecule has 194 valence electrons. The van der Waals surface area contributed by atoms with Crippen LogP contribution in [0, 0.1) is 30.9 Å². The number of aromatic nitrogens is 1. The van der Waals surface area contributed by atoms with Crippen LogP contribution in [0.25, 0.3) is 11.8 Å². The third-order valence-electron chi connectivity index (χ3n) is 6.63. The van der Waals surface area contributed by atoms with Gasteiger partial charge < -0.3 is 4.57 Å². The number of amides is 4. The van der Waals surface area contributed by atoms with Gasteiger partial charge in [-0.2, -0.15) is 0 Å². The second kappa shape index (κ2) is 9.86. The predicted octanol–water partition coefficient (Wildman–Crippen LogP) is 5.89. The van der Waals surface area contributed by atoms with Gasteiger partial charge in [-0.15, -0.1) is 0 Å². The zero-order chi connectivity index (χ0) is 27.8. The molecule has 0 aliphatic carbocycles. The highest BCUT2D eigenvalue weighted by Gasteiger charge is 2.43. The van der Waals surface area contributed by atoms with Crippen molar-refractivity contribution in [1.29, 1.82) is 0 Å². The van der Waals surface area contributed by atoms with Crippen LogP contribution in [-0.2, 0) is 9.59 Å². The molecule has 9 nitrogen and oxygen atoms in total. The van der Waals surface area contributed by atoms with Crippen LogP contribution >= 0.6 is 0 Å². The second-order valence-corrected chi connectivity index (χ2v) is 9.23. The average molecular weight is 521 g/mol. The van der Waals surface area contributed by atoms with Crippen LogP contribution in [0.4, 0.5) is 21.9 Å². The van der Waals surface area contributed by atoms with Gasteiger partial charge in [0.1, 0.15) is 5.57 Å². The van der Waals surface area contributed by atoms with Gasteiger partial charge in [0.15, 0.2) is 0 Å². The number of aryl methyl sites for hydroxylation is 2. The minimum atomic E-state index is -0.765. The molecule has 2 heterocycles. The summed E-state index contributed by atoms with van der Waals surface area (Å²) in [5.74, 6) is -1.47. The molecular weight excluding hydrogens is 496 g/mol. The molecule has 1 saturated heterocycles. The minimum absolute atomic E-state index is 0.0525. The maximum Gasteiger partial charge on any atom is 0.343 e. The quantitative estimate of drug-likeness (QED) is 0.141. The van der Waals surface area contributed by atoms with Gasteiger partial charge in [-0.3, -0.25) is 19.7 Å². The number of non-ortho nitro benzene ring substituents is 1. The molecule has 39 heavy (non-hydrogen) atoms. The topological polar surface area (TPSA) is 106 Å². The minimum Gasteiger partial charge on any atom is -0.318 e. The van der Waals surface area contributed by atoms with Crippen molar-refractivity contribution >= 4 is 41.0 Å². The number of imide groups is 2. The molecule has 3 aromatic carbocycles. The maximum atomic E-state index is 13.7. The van der Waals surface area contributed by atoms with Gasteiger partial charge >= 0.3 is 6.03 Å². The van der Waals surface area contributed by atoms with Gasteiger partial charge in [-0.05, 0) is 68.8 Å². The monoisotopic (exact) mass is 520 g/mol. The van der Waals surface area contributed by atoms with Gasteiger partial charge in [0.05, 0.1) is 22.0 Å². The van der Waals surface area contributed by atoms with E-state index in [1.165, 1.54) is 18.2 Å². The van der Waals surface area contributed by atoms with Gasteiger partial charge in [0.2, 0.25) is 0 Å². The van der Waals surface area contributed by atoms with E-state index in [9.17, 15) is 24.5 Å². The molecule has 1 aliphatic rings. The molecule has 4 amide bonds. The van der Waals surface area contributed by atoms with E-state index in [4.69, 9.17) is 0 Å². The van der Waals surface area contributed by atoms with E-state index in [0.29, 0.717) is 28.3 Å². The lowest BCUT2D eigenvalue weighted by Gasteiger charge is -2.34. The Balaban J connectivity index is 1.65. The summed E-state index contributed by atoms with van der Waals surface area (Å²) in [5, 5.41) is 11.3. The summed E-state index contributed by atoms with van der Waals surface area (Å²) in [6.45, 7) is 5.52. The highest BCUT2D eigenvalue weighted by molar-refractivity contribution is 6.46. The lowest BCUT2D eigenvalue weighted by atomic mass is 10.0. The Bertz CT molecular complexity index is 1670. The number of anilines is 2. The fraction of sp³-hybridized carbons (Fsp3) is 0.100. The van der Waals surface area contributed by atoms with Crippen LogP contribution in [0.3, 0.4) is 0 Å². The SMILES string of the molecule is Cc1ccc(N2C(=O)/C(=C/c3cc(C)n(-c4cccc([N+](=O)[O-])c4)c3C)C(=O)N(c3ccccc3)C2=O)cc1. The molecule has 0 N–H and O–H groups in total. The van der Waals surface area contributed by atoms with Crippen LogP contribution in [0.5, 0.6) is 0 Å². The Morgan fingerprint density at radius 3 is 1.92 bits per heavy atom. The molecule has 0 saturated carbocycles. The summed E-state index contributed by atoms with van der Waals surface area (Å²) in [7, 11) is 0. The van der Waals surface area contributed by atoms with Crippen LogP contribution in [0.1, 0.15) is 22.5 Å². The van der Waals surface area contributed by atoms with E-state index in [1.807, 2.05) is 18.4 Å². The first kappa shape index (κ1) is 25.3. The number of urea groups is 1. The number of barbiturate groups is 1. The van der Waals surface area contributed by atoms with Crippen molar-refractivity contribution < 1.29 is 19.3 Å². The zero-order valence-corrected chi connectivity index (χ0v) is 21.5. The third kappa shape index (κ3) is 4.50. The summed E-state index contributed by atoms with van der Waals surface area (Å²) in [4.78, 5) is 53.8. The highest BCUT2D eigenvalue weighted by atomic mass is 16.6. The Morgan fingerprint density at radius 2 is 1.31 bits per heavy atom. The van der Waals surface area contributed by atoms with Crippen molar-refractivity contribution in [3.8, 4) is 5.69 Å². The molecule has 1 fully saturated rings. The number of benzene rings is 3. The number of para-hydroxylation sites is 1. The number of hydrogen-bond donors (Lipinski definition) is 0. The smallest absolute Gasteiger partial charge is 0.318 e. The predicted molar refractivity (Wildman–Crippen MR) is 148 cm³/mol. The Labute approximate surface area is 224 Å². The summed E-state index contributed by atoms with van der Waals surface area (Å²) in [6, 6.07) is 22.6. The molecule has 1 aliphatic heterocycles. The molecule has 0 unspecified atom stereocenters. The van der Waals surface area contributed by atoms with Crippen molar-refractivity contribution in [2.24, 2.45) is 0 Å². The van der Waals surface area contributed by atoms with Crippen molar-refractivity contribution in [2.45, 2.75) is 20.8 Å². The Hall–Kier alpha value is -5.31. The standard InChI is InChI=1S/C30H24N4O5/c1-19-12-14-24(15-13-19)33-29(36)27(28(35)32(30(33)37)23-8-5-4-6-9-23)17-22-16-20(2)31(21(22)3)25-10-7-11-26(18-25)34(38)39/h4-18H,1-3H3/b27-17+. The molecule has 1 aromatic heterocycles. The number of carbonyl (C=O) groups is 3. The van der Waals surface area contributed by atoms with Crippen LogP contribution in [0.15, 0.2) is 90.5 Å². The van der Waals surface area contributed by atoms with E-state index in [1.54, 1.807) is 79.7 Å². The van der Waals surface area contributed by atoms with Crippen LogP contribution in [-0.4, -0.2) is 27.3 Å². The largest absolute Gasteiger partial charge is 0.343 e. The second-order valence-electron chi connectivity index (χ2n) is 9.23. The van der Waals surface area contributed by atoms with Gasteiger partial charge in [0.25, 0.3) is 17.5 Å². The normalized spacial score (nSPS) is 14.8. The molecule has 4 aromatic rings. The van der Waals surface area contributed by atoms with Crippen molar-refractivity contribution in [2.75, 3.05) is 9.80 Å². The number of hydrogen-bond acceptors (Lipinski definition) is 5. The summed E-state index contributed by atoms with van der Waals surface area (Å²) in [6.07, 6.45) is 1.48. The summed E-state index contributed by atoms with van der Waals surface area (Å²) < 4.78 is 1.81. The van der Waals surface area contributed by atoms with Crippen LogP contribution < -0.4 is 9.80 Å². The van der Waals surface area contributed by atoms with Crippen molar-refractivity contribution in [3.05, 3.63) is 123 Å². The van der Waals surface area contributed by atoms with E-state index in [-0.39, 0.29) is 11.3 Å². The summed E-state index contributed by atoms with van der Waals surface area (Å²) >= 11 is 0. The Morgan fingerprint density at radius 1 is 0.718 bits per heavy atom. The molecular formula is C30H24N4O5. The molecule has 0 radical (unpaired) electrons. The van der Waals surface area contributed by atoms with E-state index < -0.39 is 22.8 Å². The Kier molecular flexibility index (Phi) is 6.41. The number of nitro groups is 1. The van der Waals surface area contributed by atoms with Crippen molar-refractivity contribution in [1.82, 2.24) is 4.57 Å². The van der Waals surface area contributed by atoms with Gasteiger partial charge in [-0.25, -0.2) is 14.6 Å². The molecule has 5 rings (SSSR count). The van der Waals surface area contributed by atoms with Crippen LogP contribution in [0.2, 0.25) is 0 Å². The summed E-state index contributed by atoms with van der Waals surface area (Å²) in [5.41, 5.74) is 3.97. The zero-order valence-electron chi connectivity index (χ0n) is 21.5. The molecule has 0 atom stereocenters. The van der Waals surface area contributed by atoms with Gasteiger partial charge in [-0.1, -0.05) is 42.0 Å². The number of carbonyl (C=O) groups excluding carboxylic acids is 3. The van der Waals surface area contributed by atoms with Crippen molar-refractivity contribution in [3.63, 3.8) is 0 Å². The first-order chi connectivity index (χ1) is 18.7. The van der Waals surface area contributed by atoms with Gasteiger partial charge in [0, 0.05) is 23.5 Å². The molecule has 9 heteroatoms. The highest BCUT2D eigenvalue weighted by Crippen LogP contribution is 2.31. The fourth-order valence-electron chi connectivity index (χ4n) is 4.69. The third-order valence-corrected chi connectivity index (χ3v) is 6.63. The fourth-order valence-corrected chi connectivity index (χ4v) is 4.69. The van der Waals surface area contributed by atoms with E-state index in [2.05, 4.69) is 0 Å². The number of nitrogens with zero attached hydrogens (tertiary/aromatic N) is 4. The lowest BCUT2D eigenvalue weighted by Crippen LogP contribution is -2.57. The van der Waals surface area contributed by atoms with E-state index in [0.717, 1.165) is 21.1 Å². The van der Waals surface area contributed by atoms with E-state index >= 15 is 0 Å². The molecule has 0 spiro atoms. The average Bonchev–Trinajstić information content (AvgIpc) is 3.20. The number of rotatable bonds is 5. The molecule has 0 bridgehead atoms. The first-order valence-corrected chi connectivity index (χ1v) is 12.2.